The molecule has 0 amide bonds. The van der Waals surface area contributed by atoms with Crippen LogP contribution in [-0.2, 0) is 4.74 Å². The summed E-state index contributed by atoms with van der Waals surface area (Å²) in [6, 6.07) is 1.15. The Balaban J connectivity index is 1.83. The van der Waals surface area contributed by atoms with Gasteiger partial charge in [-0.3, -0.25) is 0 Å². The molecular weight excluding hydrogens is 252 g/mol. The molecule has 1 saturated carbocycles. The van der Waals surface area contributed by atoms with Crippen LogP contribution in [0.25, 0.3) is 0 Å². The fourth-order valence-electron chi connectivity index (χ4n) is 3.54. The lowest BCUT2D eigenvalue weighted by atomic mass is 9.91. The van der Waals surface area contributed by atoms with Crippen LogP contribution in [0.15, 0.2) is 0 Å². The van der Waals surface area contributed by atoms with E-state index in [0.29, 0.717) is 18.0 Å². The minimum atomic E-state index is -0.130. The van der Waals surface area contributed by atoms with Gasteiger partial charge in [0, 0.05) is 31.3 Å². The maximum Gasteiger partial charge on any atom is 0.0611 e. The number of aliphatic hydroxyl groups is 1. The van der Waals surface area contributed by atoms with Crippen molar-refractivity contribution in [3.05, 3.63) is 0 Å². The van der Waals surface area contributed by atoms with Gasteiger partial charge in [0.2, 0.25) is 0 Å². The minimum Gasteiger partial charge on any atom is -0.394 e. The van der Waals surface area contributed by atoms with Gasteiger partial charge in [-0.2, -0.15) is 0 Å². The molecule has 0 aromatic heterocycles. The first-order valence-corrected chi connectivity index (χ1v) is 8.18. The largest absolute Gasteiger partial charge is 0.394 e. The van der Waals surface area contributed by atoms with Crippen molar-refractivity contribution in [1.29, 1.82) is 0 Å². The molecule has 3 atom stereocenters. The molecule has 2 N–H and O–H groups in total. The molecule has 1 aliphatic heterocycles. The van der Waals surface area contributed by atoms with E-state index in [0.717, 1.165) is 19.6 Å². The summed E-state index contributed by atoms with van der Waals surface area (Å²) in [5, 5.41) is 13.4. The number of piperidine rings is 1. The third kappa shape index (κ3) is 4.69. The van der Waals surface area contributed by atoms with Gasteiger partial charge in [-0.15, -0.1) is 0 Å². The predicted molar refractivity (Wildman–Crippen MR) is 81.9 cm³/mol. The standard InChI is InChI=1S/C16H32N2O2/c1-13(9-16(2,12-19)17-15-6-7-15)18-8-4-5-14(10-18)11-20-3/h13-15,17,19H,4-12H2,1-3H3. The zero-order valence-corrected chi connectivity index (χ0v) is 13.4. The molecule has 4 nitrogen and oxygen atoms in total. The van der Waals surface area contributed by atoms with Gasteiger partial charge in [0.05, 0.1) is 13.2 Å². The first kappa shape index (κ1) is 16.2. The van der Waals surface area contributed by atoms with Gasteiger partial charge < -0.3 is 20.1 Å². The molecule has 4 heteroatoms. The Morgan fingerprint density at radius 3 is 2.75 bits per heavy atom. The number of methoxy groups -OCH3 is 1. The lowest BCUT2D eigenvalue weighted by molar-refractivity contribution is 0.0537. The number of rotatable bonds is 8. The van der Waals surface area contributed by atoms with E-state index < -0.39 is 0 Å². The zero-order valence-electron chi connectivity index (χ0n) is 13.4. The van der Waals surface area contributed by atoms with Crippen LogP contribution in [0.3, 0.4) is 0 Å². The Bertz CT molecular complexity index is 294. The summed E-state index contributed by atoms with van der Waals surface area (Å²) < 4.78 is 5.31. The molecular formula is C16H32N2O2. The maximum atomic E-state index is 9.74. The van der Waals surface area contributed by atoms with Crippen LogP contribution in [-0.4, -0.2) is 61.0 Å². The second kappa shape index (κ2) is 7.21. The smallest absolute Gasteiger partial charge is 0.0611 e. The van der Waals surface area contributed by atoms with E-state index in [9.17, 15) is 5.11 Å². The average Bonchev–Trinajstić information content (AvgIpc) is 3.23. The molecule has 1 saturated heterocycles. The number of hydrogen-bond acceptors (Lipinski definition) is 4. The first-order chi connectivity index (χ1) is 9.56. The van der Waals surface area contributed by atoms with Gasteiger partial charge in [0.15, 0.2) is 0 Å². The van der Waals surface area contributed by atoms with E-state index in [2.05, 4.69) is 24.1 Å². The molecule has 0 spiro atoms. The number of likely N-dealkylation sites (tertiary alicyclic amines) is 1. The second-order valence-electron chi connectivity index (χ2n) is 7.15. The summed E-state index contributed by atoms with van der Waals surface area (Å²) in [4.78, 5) is 2.58. The van der Waals surface area contributed by atoms with Crippen LogP contribution < -0.4 is 5.32 Å². The monoisotopic (exact) mass is 284 g/mol. The highest BCUT2D eigenvalue weighted by molar-refractivity contribution is 4.95. The summed E-state index contributed by atoms with van der Waals surface area (Å²) in [6.45, 7) is 7.90. The molecule has 20 heavy (non-hydrogen) atoms. The lowest BCUT2D eigenvalue weighted by Gasteiger charge is -2.40. The molecule has 0 bridgehead atoms. The molecule has 2 aliphatic rings. The summed E-state index contributed by atoms with van der Waals surface area (Å²) in [5.74, 6) is 0.674. The Morgan fingerprint density at radius 2 is 2.15 bits per heavy atom. The zero-order chi connectivity index (χ0) is 14.6. The number of nitrogens with one attached hydrogen (secondary N) is 1. The Labute approximate surface area is 123 Å². The summed E-state index contributed by atoms with van der Waals surface area (Å²) in [6.07, 6.45) is 6.10. The van der Waals surface area contributed by atoms with Gasteiger partial charge >= 0.3 is 0 Å². The molecule has 1 aliphatic carbocycles. The topological polar surface area (TPSA) is 44.7 Å². The molecule has 3 unspecified atom stereocenters. The van der Waals surface area contributed by atoms with Gasteiger partial charge in [0.1, 0.15) is 0 Å². The van der Waals surface area contributed by atoms with Gasteiger partial charge in [-0.05, 0) is 58.4 Å². The maximum absolute atomic E-state index is 9.74. The Hall–Kier alpha value is -0.160. The quantitative estimate of drug-likeness (QED) is 0.711. The Morgan fingerprint density at radius 1 is 1.40 bits per heavy atom. The third-order valence-corrected chi connectivity index (χ3v) is 4.80. The van der Waals surface area contributed by atoms with Crippen LogP contribution >= 0.6 is 0 Å². The summed E-state index contributed by atoms with van der Waals surface area (Å²) in [7, 11) is 1.80. The highest BCUT2D eigenvalue weighted by Gasteiger charge is 2.35. The second-order valence-corrected chi connectivity index (χ2v) is 7.15. The number of nitrogens with zero attached hydrogens (tertiary/aromatic N) is 1. The van der Waals surface area contributed by atoms with Crippen molar-refractivity contribution in [2.75, 3.05) is 33.4 Å². The summed E-state index contributed by atoms with van der Waals surface area (Å²) >= 11 is 0. The fraction of sp³-hybridized carbons (Fsp3) is 1.00. The predicted octanol–water partition coefficient (Wildman–Crippen LogP) is 1.63. The Kier molecular flexibility index (Phi) is 5.84. The van der Waals surface area contributed by atoms with E-state index >= 15 is 0 Å². The van der Waals surface area contributed by atoms with Crippen molar-refractivity contribution >= 4 is 0 Å². The lowest BCUT2D eigenvalue weighted by Crippen LogP contribution is -2.53. The average molecular weight is 284 g/mol. The minimum absolute atomic E-state index is 0.130. The summed E-state index contributed by atoms with van der Waals surface area (Å²) in [5.41, 5.74) is -0.130. The SMILES string of the molecule is COCC1CCCN(C(C)CC(C)(CO)NC2CC2)C1. The van der Waals surface area contributed by atoms with E-state index in [-0.39, 0.29) is 12.1 Å². The fourth-order valence-corrected chi connectivity index (χ4v) is 3.54. The van der Waals surface area contributed by atoms with Crippen molar-refractivity contribution in [2.45, 2.75) is 63.6 Å². The van der Waals surface area contributed by atoms with Crippen LogP contribution in [0.5, 0.6) is 0 Å². The van der Waals surface area contributed by atoms with Gasteiger partial charge in [0.25, 0.3) is 0 Å². The van der Waals surface area contributed by atoms with E-state index in [1.807, 2.05) is 0 Å². The van der Waals surface area contributed by atoms with Crippen LogP contribution in [0.1, 0.15) is 46.0 Å². The van der Waals surface area contributed by atoms with E-state index in [1.54, 1.807) is 7.11 Å². The van der Waals surface area contributed by atoms with Crippen LogP contribution in [0, 0.1) is 5.92 Å². The molecule has 0 aromatic rings. The normalized spacial score (nSPS) is 29.1. The van der Waals surface area contributed by atoms with Crippen molar-refractivity contribution in [1.82, 2.24) is 10.2 Å². The highest BCUT2D eigenvalue weighted by atomic mass is 16.5. The molecule has 0 aromatic carbocycles. The first-order valence-electron chi connectivity index (χ1n) is 8.18. The molecule has 2 rings (SSSR count). The van der Waals surface area contributed by atoms with Gasteiger partial charge in [-0.1, -0.05) is 0 Å². The van der Waals surface area contributed by atoms with Crippen molar-refractivity contribution < 1.29 is 9.84 Å². The highest BCUT2D eigenvalue weighted by Crippen LogP contribution is 2.27. The van der Waals surface area contributed by atoms with Crippen molar-refractivity contribution in [3.8, 4) is 0 Å². The van der Waals surface area contributed by atoms with Crippen LogP contribution in [0.4, 0.5) is 0 Å². The third-order valence-electron chi connectivity index (χ3n) is 4.80. The number of ether oxygens (including phenoxy) is 1. The van der Waals surface area contributed by atoms with Gasteiger partial charge in [-0.25, -0.2) is 0 Å². The van der Waals surface area contributed by atoms with E-state index in [4.69, 9.17) is 4.74 Å². The van der Waals surface area contributed by atoms with Crippen molar-refractivity contribution in [2.24, 2.45) is 5.92 Å². The molecule has 118 valence electrons. The molecule has 0 radical (unpaired) electrons. The number of hydrogen-bond donors (Lipinski definition) is 2. The van der Waals surface area contributed by atoms with Crippen molar-refractivity contribution in [3.63, 3.8) is 0 Å². The number of aliphatic hydroxyl groups excluding tert-OH is 1. The molecule has 2 fully saturated rings. The van der Waals surface area contributed by atoms with Crippen LogP contribution in [0.2, 0.25) is 0 Å². The molecule has 1 heterocycles. The van der Waals surface area contributed by atoms with E-state index in [1.165, 1.54) is 32.2 Å².